The van der Waals surface area contributed by atoms with Crippen LogP contribution in [0.25, 0.3) is 0 Å². The van der Waals surface area contributed by atoms with E-state index in [1.165, 1.54) is 12.1 Å². The van der Waals surface area contributed by atoms with Gasteiger partial charge >= 0.3 is 0 Å². The number of nitrogens with one attached hydrogen (secondary N) is 1. The zero-order valence-corrected chi connectivity index (χ0v) is 12.6. The molecule has 4 heteroatoms. The number of carbonyl (C=O) groups is 1. The van der Waals surface area contributed by atoms with Gasteiger partial charge in [0.1, 0.15) is 5.82 Å². The number of carbonyl (C=O) groups excluding carboxylic acids is 1. The number of halogens is 2. The van der Waals surface area contributed by atoms with Gasteiger partial charge < -0.3 is 5.32 Å². The first-order chi connectivity index (χ1) is 8.19. The maximum atomic E-state index is 13.4. The summed E-state index contributed by atoms with van der Waals surface area (Å²) in [5, 5.41) is 2.98. The first-order valence-corrected chi connectivity index (χ1v) is 6.74. The van der Waals surface area contributed by atoms with Crippen molar-refractivity contribution in [1.82, 2.24) is 5.32 Å². The lowest BCUT2D eigenvalue weighted by Gasteiger charge is -2.08. The molecule has 1 aromatic carbocycles. The quantitative estimate of drug-likeness (QED) is 0.885. The first-order valence-electron chi connectivity index (χ1n) is 5.94. The average Bonchev–Trinajstić information content (AvgIpc) is 2.65. The van der Waals surface area contributed by atoms with E-state index in [9.17, 15) is 9.18 Å². The molecule has 0 radical (unpaired) electrons. The van der Waals surface area contributed by atoms with Crippen LogP contribution in [0.15, 0.2) is 22.7 Å². The Morgan fingerprint density at radius 2 is 1.83 bits per heavy atom. The minimum atomic E-state index is -0.419. The fourth-order valence-corrected chi connectivity index (χ4v) is 2.89. The Hall–Kier alpha value is -0.900. The molecule has 1 fully saturated rings. The van der Waals surface area contributed by atoms with Crippen molar-refractivity contribution in [3.8, 4) is 0 Å². The standard InChI is InChI=1S/C14H17BrFNO/c1-13(2)12(14(13,3)4)17-11(18)8-6-5-7-9(16)10(8)15/h5-7,12H,1-4H3,(H,17,18). The lowest BCUT2D eigenvalue weighted by molar-refractivity contribution is 0.0942. The smallest absolute Gasteiger partial charge is 0.252 e. The highest BCUT2D eigenvalue weighted by Crippen LogP contribution is 2.62. The molecule has 0 atom stereocenters. The van der Waals surface area contributed by atoms with Gasteiger partial charge in [-0.1, -0.05) is 33.8 Å². The summed E-state index contributed by atoms with van der Waals surface area (Å²) < 4.78 is 13.6. The lowest BCUT2D eigenvalue weighted by Crippen LogP contribution is -2.30. The summed E-state index contributed by atoms with van der Waals surface area (Å²) in [6.07, 6.45) is 0. The van der Waals surface area contributed by atoms with Crippen LogP contribution in [0.5, 0.6) is 0 Å². The third-order valence-corrected chi connectivity index (χ3v) is 5.30. The monoisotopic (exact) mass is 313 g/mol. The molecule has 1 saturated carbocycles. The van der Waals surface area contributed by atoms with Crippen LogP contribution < -0.4 is 5.32 Å². The summed E-state index contributed by atoms with van der Waals surface area (Å²) in [4.78, 5) is 12.1. The van der Waals surface area contributed by atoms with Gasteiger partial charge in [0.05, 0.1) is 10.0 Å². The van der Waals surface area contributed by atoms with E-state index in [-0.39, 0.29) is 27.3 Å². The van der Waals surface area contributed by atoms with Crippen LogP contribution in [0.2, 0.25) is 0 Å². The van der Waals surface area contributed by atoms with Crippen molar-refractivity contribution in [2.45, 2.75) is 33.7 Å². The Morgan fingerprint density at radius 3 is 2.33 bits per heavy atom. The van der Waals surface area contributed by atoms with Crippen LogP contribution in [0.3, 0.4) is 0 Å². The maximum absolute atomic E-state index is 13.4. The van der Waals surface area contributed by atoms with E-state index in [4.69, 9.17) is 0 Å². The summed E-state index contributed by atoms with van der Waals surface area (Å²) in [7, 11) is 0. The predicted molar refractivity (Wildman–Crippen MR) is 72.9 cm³/mol. The minimum absolute atomic E-state index is 0.0719. The zero-order valence-electron chi connectivity index (χ0n) is 11.0. The Balaban J connectivity index is 2.18. The van der Waals surface area contributed by atoms with E-state index >= 15 is 0 Å². The Bertz CT molecular complexity index is 497. The van der Waals surface area contributed by atoms with E-state index in [0.717, 1.165) is 0 Å². The van der Waals surface area contributed by atoms with Crippen LogP contribution in [-0.4, -0.2) is 11.9 Å². The van der Waals surface area contributed by atoms with Gasteiger partial charge in [0.25, 0.3) is 5.91 Å². The van der Waals surface area contributed by atoms with E-state index in [0.29, 0.717) is 5.56 Å². The molecule has 1 aliphatic carbocycles. The third-order valence-electron chi connectivity index (χ3n) is 4.49. The lowest BCUT2D eigenvalue weighted by atomic mass is 10.0. The molecule has 2 nitrogen and oxygen atoms in total. The number of hydrogen-bond acceptors (Lipinski definition) is 1. The molecule has 0 spiro atoms. The molecular weight excluding hydrogens is 297 g/mol. The maximum Gasteiger partial charge on any atom is 0.252 e. The van der Waals surface area contributed by atoms with Gasteiger partial charge in [-0.2, -0.15) is 0 Å². The van der Waals surface area contributed by atoms with Gasteiger partial charge in [-0.05, 0) is 38.9 Å². The molecule has 1 amide bonds. The molecule has 0 saturated heterocycles. The summed E-state index contributed by atoms with van der Waals surface area (Å²) in [5.74, 6) is -0.651. The topological polar surface area (TPSA) is 29.1 Å². The van der Waals surface area contributed by atoms with Crippen molar-refractivity contribution >= 4 is 21.8 Å². The number of amides is 1. The molecule has 1 N–H and O–H groups in total. The highest BCUT2D eigenvalue weighted by molar-refractivity contribution is 9.10. The van der Waals surface area contributed by atoms with Gasteiger partial charge in [0.2, 0.25) is 0 Å². The Labute approximate surface area is 115 Å². The van der Waals surface area contributed by atoms with Crippen molar-refractivity contribution in [3.05, 3.63) is 34.1 Å². The first kappa shape index (κ1) is 13.5. The molecule has 1 aromatic rings. The SMILES string of the molecule is CC1(C)C(NC(=O)c2cccc(F)c2Br)C1(C)C. The number of benzene rings is 1. The van der Waals surface area contributed by atoms with E-state index in [1.54, 1.807) is 6.07 Å². The van der Waals surface area contributed by atoms with Gasteiger partial charge in [-0.15, -0.1) is 0 Å². The molecule has 0 bridgehead atoms. The van der Waals surface area contributed by atoms with Crippen LogP contribution in [0.1, 0.15) is 38.1 Å². The van der Waals surface area contributed by atoms with E-state index in [1.807, 2.05) is 0 Å². The summed E-state index contributed by atoms with van der Waals surface area (Å²) in [6.45, 7) is 8.49. The van der Waals surface area contributed by atoms with Crippen molar-refractivity contribution in [2.75, 3.05) is 0 Å². The number of rotatable bonds is 2. The van der Waals surface area contributed by atoms with Crippen molar-refractivity contribution in [3.63, 3.8) is 0 Å². The Morgan fingerprint density at radius 1 is 1.28 bits per heavy atom. The van der Waals surface area contributed by atoms with Gasteiger partial charge in [-0.25, -0.2) is 4.39 Å². The normalized spacial score (nSPS) is 20.6. The molecular formula is C14H17BrFNO. The molecule has 1 aliphatic rings. The van der Waals surface area contributed by atoms with E-state index in [2.05, 4.69) is 48.9 Å². The molecule has 0 unspecified atom stereocenters. The molecule has 2 rings (SSSR count). The summed E-state index contributed by atoms with van der Waals surface area (Å²) in [5.41, 5.74) is 0.485. The second-order valence-electron chi connectivity index (χ2n) is 5.95. The van der Waals surface area contributed by atoms with E-state index < -0.39 is 5.82 Å². The summed E-state index contributed by atoms with van der Waals surface area (Å²) >= 11 is 3.11. The highest BCUT2D eigenvalue weighted by Gasteiger charge is 2.65. The number of hydrogen-bond donors (Lipinski definition) is 1. The second-order valence-corrected chi connectivity index (χ2v) is 6.74. The van der Waals surface area contributed by atoms with Crippen LogP contribution in [-0.2, 0) is 0 Å². The molecule has 98 valence electrons. The zero-order chi connectivity index (χ0) is 13.7. The minimum Gasteiger partial charge on any atom is -0.348 e. The largest absolute Gasteiger partial charge is 0.348 e. The fraction of sp³-hybridized carbons (Fsp3) is 0.500. The van der Waals surface area contributed by atoms with Crippen LogP contribution >= 0.6 is 15.9 Å². The predicted octanol–water partition coefficient (Wildman–Crippen LogP) is 3.75. The van der Waals surface area contributed by atoms with Gasteiger partial charge in [-0.3, -0.25) is 4.79 Å². The third kappa shape index (κ3) is 1.87. The highest BCUT2D eigenvalue weighted by atomic mass is 79.9. The van der Waals surface area contributed by atoms with Gasteiger partial charge in [0.15, 0.2) is 0 Å². The average molecular weight is 314 g/mol. The van der Waals surface area contributed by atoms with Gasteiger partial charge in [0, 0.05) is 6.04 Å². The van der Waals surface area contributed by atoms with Crippen molar-refractivity contribution in [2.24, 2.45) is 10.8 Å². The second kappa shape index (κ2) is 4.05. The van der Waals surface area contributed by atoms with Crippen molar-refractivity contribution in [1.29, 1.82) is 0 Å². The molecule has 0 aromatic heterocycles. The molecule has 0 heterocycles. The molecule has 0 aliphatic heterocycles. The van der Waals surface area contributed by atoms with Crippen molar-refractivity contribution < 1.29 is 9.18 Å². The Kier molecular flexibility index (Phi) is 3.05. The fourth-order valence-electron chi connectivity index (χ4n) is 2.45. The van der Waals surface area contributed by atoms with Crippen LogP contribution in [0, 0.1) is 16.6 Å². The van der Waals surface area contributed by atoms with Crippen LogP contribution in [0.4, 0.5) is 4.39 Å². The summed E-state index contributed by atoms with van der Waals surface area (Å²) in [6, 6.07) is 4.60. The molecule has 18 heavy (non-hydrogen) atoms.